The summed E-state index contributed by atoms with van der Waals surface area (Å²) in [7, 11) is 0. The van der Waals surface area contributed by atoms with Crippen LogP contribution in [-0.4, -0.2) is 23.5 Å². The van der Waals surface area contributed by atoms with Gasteiger partial charge in [0.15, 0.2) is 10.6 Å². The Balaban J connectivity index is 1.74. The third-order valence-electron chi connectivity index (χ3n) is 5.73. The fraction of sp³-hybridized carbons (Fsp3) is 0.154. The van der Waals surface area contributed by atoms with Crippen molar-refractivity contribution in [2.45, 2.75) is 19.9 Å². The van der Waals surface area contributed by atoms with E-state index in [1.54, 1.807) is 31.2 Å². The van der Waals surface area contributed by atoms with Crippen LogP contribution >= 0.6 is 11.3 Å². The van der Waals surface area contributed by atoms with Crippen molar-refractivity contribution >= 4 is 39.3 Å². The summed E-state index contributed by atoms with van der Waals surface area (Å²) in [5.74, 6) is -2.03. The molecule has 2 aromatic carbocycles. The molecular formula is C26H19FN2O5S. The Kier molecular flexibility index (Phi) is 5.56. The largest absolute Gasteiger partial charge is 0.457 e. The molecule has 9 heteroatoms. The van der Waals surface area contributed by atoms with E-state index >= 15 is 4.39 Å². The molecule has 176 valence electrons. The third kappa shape index (κ3) is 3.64. The van der Waals surface area contributed by atoms with Crippen LogP contribution in [0.3, 0.4) is 0 Å². The van der Waals surface area contributed by atoms with Crippen molar-refractivity contribution in [3.8, 4) is 0 Å². The first-order chi connectivity index (χ1) is 16.8. The van der Waals surface area contributed by atoms with Gasteiger partial charge in [-0.15, -0.1) is 0 Å². The molecule has 0 saturated carbocycles. The molecular weight excluding hydrogens is 471 g/mol. The molecule has 0 fully saturated rings. The van der Waals surface area contributed by atoms with Gasteiger partial charge >= 0.3 is 5.97 Å². The third-order valence-corrected chi connectivity index (χ3v) is 6.87. The highest BCUT2D eigenvalue weighted by atomic mass is 32.1. The highest BCUT2D eigenvalue weighted by Gasteiger charge is 2.46. The summed E-state index contributed by atoms with van der Waals surface area (Å²) < 4.78 is 26.1. The van der Waals surface area contributed by atoms with Crippen molar-refractivity contribution < 1.29 is 23.1 Å². The molecule has 1 amide bonds. The fourth-order valence-electron chi connectivity index (χ4n) is 4.15. The Hall–Kier alpha value is -4.11. The second-order valence-corrected chi connectivity index (χ2v) is 9.05. The number of aromatic nitrogens is 1. The second-order valence-electron chi connectivity index (χ2n) is 8.07. The number of halogens is 1. The van der Waals surface area contributed by atoms with E-state index in [9.17, 15) is 14.4 Å². The number of esters is 1. The Labute approximate surface area is 203 Å². The van der Waals surface area contributed by atoms with Gasteiger partial charge in [0.2, 0.25) is 5.76 Å². The first kappa shape index (κ1) is 22.7. The number of carbonyl (C=O) groups excluding carboxylic acids is 2. The normalized spacial score (nSPS) is 14.9. The lowest BCUT2D eigenvalue weighted by Crippen LogP contribution is -2.30. The van der Waals surface area contributed by atoms with Crippen LogP contribution in [0.1, 0.15) is 48.7 Å². The van der Waals surface area contributed by atoms with Crippen LogP contribution in [0.2, 0.25) is 0 Å². The maximum atomic E-state index is 15.0. The van der Waals surface area contributed by atoms with Crippen LogP contribution in [0.4, 0.5) is 9.52 Å². The van der Waals surface area contributed by atoms with Crippen LogP contribution in [0.25, 0.3) is 11.0 Å². The number of thiazole rings is 1. The van der Waals surface area contributed by atoms with Gasteiger partial charge in [-0.05, 0) is 32.0 Å². The van der Waals surface area contributed by atoms with Crippen molar-refractivity contribution in [2.75, 3.05) is 11.5 Å². The van der Waals surface area contributed by atoms with E-state index in [2.05, 4.69) is 11.6 Å². The molecule has 4 aromatic rings. The van der Waals surface area contributed by atoms with E-state index < -0.39 is 29.2 Å². The summed E-state index contributed by atoms with van der Waals surface area (Å²) in [5.41, 5.74) is 1.16. The highest BCUT2D eigenvalue weighted by Crippen LogP contribution is 2.43. The lowest BCUT2D eigenvalue weighted by molar-refractivity contribution is 0.0554. The van der Waals surface area contributed by atoms with Gasteiger partial charge in [-0.1, -0.05) is 53.8 Å². The van der Waals surface area contributed by atoms with Gasteiger partial charge in [-0.3, -0.25) is 14.5 Å². The molecule has 0 saturated heterocycles. The Morgan fingerprint density at radius 3 is 2.77 bits per heavy atom. The molecule has 0 spiro atoms. The molecule has 35 heavy (non-hydrogen) atoms. The molecule has 7 nitrogen and oxygen atoms in total. The SMILES string of the molecule is C=CCOC(=O)c1sc(N2C(=O)c3oc4ccc(C)cc4c(=O)c3[C@@H]2c2ccccc2F)nc1C. The Morgan fingerprint density at radius 2 is 2.03 bits per heavy atom. The average molecular weight is 491 g/mol. The predicted molar refractivity (Wildman–Crippen MR) is 130 cm³/mol. The van der Waals surface area contributed by atoms with Crippen molar-refractivity contribution in [1.29, 1.82) is 0 Å². The van der Waals surface area contributed by atoms with Gasteiger partial charge in [0.1, 0.15) is 28.9 Å². The average Bonchev–Trinajstić information content (AvgIpc) is 3.36. The minimum atomic E-state index is -1.12. The molecule has 1 atom stereocenters. The monoisotopic (exact) mass is 490 g/mol. The summed E-state index contributed by atoms with van der Waals surface area (Å²) in [6, 6.07) is 9.86. The van der Waals surface area contributed by atoms with E-state index in [-0.39, 0.29) is 39.1 Å². The van der Waals surface area contributed by atoms with E-state index in [0.717, 1.165) is 16.9 Å². The summed E-state index contributed by atoms with van der Waals surface area (Å²) in [6.07, 6.45) is 1.44. The first-order valence-corrected chi connectivity index (χ1v) is 11.5. The number of anilines is 1. The van der Waals surface area contributed by atoms with Crippen molar-refractivity contribution in [1.82, 2.24) is 4.98 Å². The van der Waals surface area contributed by atoms with Gasteiger partial charge in [0.05, 0.1) is 16.6 Å². The highest BCUT2D eigenvalue weighted by molar-refractivity contribution is 7.17. The minimum Gasteiger partial charge on any atom is -0.457 e. The summed E-state index contributed by atoms with van der Waals surface area (Å²) in [4.78, 5) is 45.5. The molecule has 5 rings (SSSR count). The maximum absolute atomic E-state index is 15.0. The number of hydrogen-bond acceptors (Lipinski definition) is 7. The maximum Gasteiger partial charge on any atom is 0.350 e. The molecule has 1 aliphatic heterocycles. The van der Waals surface area contributed by atoms with Crippen LogP contribution in [0.15, 0.2) is 64.3 Å². The van der Waals surface area contributed by atoms with Crippen molar-refractivity contribution in [3.63, 3.8) is 0 Å². The lowest BCUT2D eigenvalue weighted by atomic mass is 9.98. The van der Waals surface area contributed by atoms with E-state index in [0.29, 0.717) is 11.1 Å². The molecule has 2 aromatic heterocycles. The summed E-state index contributed by atoms with van der Waals surface area (Å²) in [5, 5.41) is 0.418. The quantitative estimate of drug-likeness (QED) is 0.286. The molecule has 1 aliphatic rings. The zero-order chi connectivity index (χ0) is 24.9. The first-order valence-electron chi connectivity index (χ1n) is 10.7. The molecule has 3 heterocycles. The summed E-state index contributed by atoms with van der Waals surface area (Å²) >= 11 is 0.926. The number of hydrogen-bond donors (Lipinski definition) is 0. The van der Waals surface area contributed by atoms with Gasteiger partial charge in [-0.2, -0.15) is 0 Å². The summed E-state index contributed by atoms with van der Waals surface area (Å²) in [6.45, 7) is 6.98. The van der Waals surface area contributed by atoms with Crippen molar-refractivity contribution in [2.24, 2.45) is 0 Å². The van der Waals surface area contributed by atoms with Gasteiger partial charge in [-0.25, -0.2) is 14.2 Å². The standard InChI is InChI=1S/C26H19FN2O5S/c1-4-11-33-25(32)23-14(3)28-26(35-23)29-20(15-7-5-6-8-17(15)27)19-21(30)16-12-13(2)9-10-18(16)34-22(19)24(29)31/h4-10,12,20H,1,11H2,2-3H3/t20-/m0/s1. The molecule has 0 unspecified atom stereocenters. The second kappa shape index (κ2) is 8.59. The van der Waals surface area contributed by atoms with E-state index in [1.165, 1.54) is 29.2 Å². The zero-order valence-electron chi connectivity index (χ0n) is 18.8. The topological polar surface area (TPSA) is 89.7 Å². The number of benzene rings is 2. The van der Waals surface area contributed by atoms with Gasteiger partial charge < -0.3 is 9.15 Å². The number of carbonyl (C=O) groups is 2. The predicted octanol–water partition coefficient (Wildman–Crippen LogP) is 5.10. The number of rotatable bonds is 5. The lowest BCUT2D eigenvalue weighted by Gasteiger charge is -2.22. The van der Waals surface area contributed by atoms with Crippen LogP contribution in [0.5, 0.6) is 0 Å². The Bertz CT molecular complexity index is 1590. The Morgan fingerprint density at radius 1 is 1.26 bits per heavy atom. The number of aryl methyl sites for hydroxylation is 2. The van der Waals surface area contributed by atoms with Gasteiger partial charge in [0, 0.05) is 5.56 Å². The van der Waals surface area contributed by atoms with Gasteiger partial charge in [0.25, 0.3) is 5.91 Å². The zero-order valence-corrected chi connectivity index (χ0v) is 19.6. The molecule has 0 bridgehead atoms. The number of ether oxygens (including phenoxy) is 1. The number of amides is 1. The van der Waals surface area contributed by atoms with E-state index in [1.807, 2.05) is 6.92 Å². The molecule has 0 radical (unpaired) electrons. The van der Waals surface area contributed by atoms with E-state index in [4.69, 9.17) is 9.15 Å². The molecule has 0 N–H and O–H groups in total. The minimum absolute atomic E-state index is 0.0157. The number of nitrogens with zero attached hydrogens (tertiary/aromatic N) is 2. The van der Waals surface area contributed by atoms with Crippen LogP contribution in [-0.2, 0) is 4.74 Å². The smallest absolute Gasteiger partial charge is 0.350 e. The van der Waals surface area contributed by atoms with Crippen molar-refractivity contribution in [3.05, 3.63) is 104 Å². The number of fused-ring (bicyclic) bond motifs is 2. The molecule has 0 aliphatic carbocycles. The fourth-order valence-corrected chi connectivity index (χ4v) is 5.14. The van der Waals surface area contributed by atoms with Crippen LogP contribution < -0.4 is 10.3 Å². The van der Waals surface area contributed by atoms with Crippen LogP contribution in [0, 0.1) is 19.7 Å².